The predicted octanol–water partition coefficient (Wildman–Crippen LogP) is 5.10. The Morgan fingerprint density at radius 3 is 2.70 bits per heavy atom. The molecule has 0 aliphatic carbocycles. The molecule has 0 saturated heterocycles. The van der Waals surface area contributed by atoms with Crippen LogP contribution in [0.1, 0.15) is 25.8 Å². The van der Waals surface area contributed by atoms with Gasteiger partial charge in [-0.15, -0.1) is 10.2 Å². The Bertz CT molecular complexity index is 1050. The van der Waals surface area contributed by atoms with Gasteiger partial charge in [-0.05, 0) is 38.1 Å². The number of benzene rings is 2. The lowest BCUT2D eigenvalue weighted by Crippen LogP contribution is -2.15. The quantitative estimate of drug-likeness (QED) is 0.481. The molecular weight excluding hydrogens is 434 g/mol. The molecule has 1 atom stereocenters. The first-order chi connectivity index (χ1) is 14.4. The third-order valence-electron chi connectivity index (χ3n) is 4.10. The molecule has 0 radical (unpaired) electrons. The van der Waals surface area contributed by atoms with Gasteiger partial charge in [-0.1, -0.05) is 35.5 Å². The molecule has 0 saturated carbocycles. The lowest BCUT2D eigenvalue weighted by Gasteiger charge is -2.16. The first kappa shape index (κ1) is 22.0. The van der Waals surface area contributed by atoms with Crippen LogP contribution in [-0.2, 0) is 11.3 Å². The summed E-state index contributed by atoms with van der Waals surface area (Å²) in [6.07, 6.45) is -0.414. The van der Waals surface area contributed by atoms with Gasteiger partial charge in [0, 0.05) is 18.3 Å². The van der Waals surface area contributed by atoms with E-state index in [1.807, 2.05) is 30.5 Å². The third kappa shape index (κ3) is 5.28. The summed E-state index contributed by atoms with van der Waals surface area (Å²) in [6, 6.07) is 10.3. The Hall–Kier alpha value is -2.65. The Labute approximate surface area is 181 Å². The lowest BCUT2D eigenvalue weighted by atomic mass is 10.3. The fourth-order valence-electron chi connectivity index (χ4n) is 2.69. The van der Waals surface area contributed by atoms with E-state index in [4.69, 9.17) is 16.3 Å². The summed E-state index contributed by atoms with van der Waals surface area (Å²) in [5.41, 5.74) is 0.180. The van der Waals surface area contributed by atoms with Crippen molar-refractivity contribution in [1.82, 2.24) is 14.8 Å². The molecule has 6 nitrogen and oxygen atoms in total. The fourth-order valence-corrected chi connectivity index (χ4v) is 3.68. The number of halogens is 3. The molecule has 0 aliphatic rings. The molecule has 1 heterocycles. The van der Waals surface area contributed by atoms with Gasteiger partial charge in [-0.2, -0.15) is 0 Å². The lowest BCUT2D eigenvalue weighted by molar-refractivity contribution is -0.113. The van der Waals surface area contributed by atoms with Crippen LogP contribution in [0.3, 0.4) is 0 Å². The first-order valence-corrected chi connectivity index (χ1v) is 10.5. The SMILES string of the molecule is CCn1c(SCC(=O)Nc2ccc(F)c(F)c2)nnc1C(C)Oc1ccccc1Cl. The minimum atomic E-state index is -1.02. The molecule has 0 aliphatic heterocycles. The highest BCUT2D eigenvalue weighted by atomic mass is 35.5. The highest BCUT2D eigenvalue weighted by molar-refractivity contribution is 7.99. The Morgan fingerprint density at radius 2 is 2.00 bits per heavy atom. The summed E-state index contributed by atoms with van der Waals surface area (Å²) >= 11 is 7.33. The molecule has 30 heavy (non-hydrogen) atoms. The Kier molecular flexibility index (Phi) is 7.28. The second-order valence-electron chi connectivity index (χ2n) is 6.24. The van der Waals surface area contributed by atoms with E-state index >= 15 is 0 Å². The van der Waals surface area contributed by atoms with Gasteiger partial charge in [0.05, 0.1) is 10.8 Å². The van der Waals surface area contributed by atoms with E-state index in [0.29, 0.717) is 28.3 Å². The molecule has 1 N–H and O–H groups in total. The van der Waals surface area contributed by atoms with E-state index in [9.17, 15) is 13.6 Å². The summed E-state index contributed by atoms with van der Waals surface area (Å²) in [6.45, 7) is 4.34. The monoisotopic (exact) mass is 452 g/mol. The largest absolute Gasteiger partial charge is 0.481 e. The molecule has 3 rings (SSSR count). The van der Waals surface area contributed by atoms with E-state index in [1.165, 1.54) is 17.8 Å². The van der Waals surface area contributed by atoms with Gasteiger partial charge in [-0.25, -0.2) is 8.78 Å². The van der Waals surface area contributed by atoms with Crippen LogP contribution >= 0.6 is 23.4 Å². The number of carbonyl (C=O) groups is 1. The second-order valence-corrected chi connectivity index (χ2v) is 7.59. The van der Waals surface area contributed by atoms with E-state index in [1.54, 1.807) is 12.1 Å². The topological polar surface area (TPSA) is 69.0 Å². The maximum atomic E-state index is 13.3. The van der Waals surface area contributed by atoms with Crippen molar-refractivity contribution in [1.29, 1.82) is 0 Å². The van der Waals surface area contributed by atoms with Crippen LogP contribution < -0.4 is 10.1 Å². The minimum Gasteiger partial charge on any atom is -0.481 e. The maximum Gasteiger partial charge on any atom is 0.234 e. The number of nitrogens with one attached hydrogen (secondary N) is 1. The predicted molar refractivity (Wildman–Crippen MR) is 112 cm³/mol. The van der Waals surface area contributed by atoms with Crippen LogP contribution in [0.25, 0.3) is 0 Å². The van der Waals surface area contributed by atoms with Gasteiger partial charge in [0.2, 0.25) is 5.91 Å². The highest BCUT2D eigenvalue weighted by Gasteiger charge is 2.20. The van der Waals surface area contributed by atoms with Crippen LogP contribution in [0.2, 0.25) is 5.02 Å². The van der Waals surface area contributed by atoms with Crippen LogP contribution in [0, 0.1) is 11.6 Å². The number of amides is 1. The second kappa shape index (κ2) is 9.90. The highest BCUT2D eigenvalue weighted by Crippen LogP contribution is 2.29. The van der Waals surface area contributed by atoms with Crippen LogP contribution in [-0.4, -0.2) is 26.4 Å². The number of aromatic nitrogens is 3. The van der Waals surface area contributed by atoms with Crippen molar-refractivity contribution in [3.8, 4) is 5.75 Å². The molecule has 2 aromatic carbocycles. The van der Waals surface area contributed by atoms with Crippen molar-refractivity contribution >= 4 is 35.0 Å². The number of para-hydroxylation sites is 1. The number of thioether (sulfide) groups is 1. The average molecular weight is 453 g/mol. The van der Waals surface area contributed by atoms with Crippen molar-refractivity contribution in [3.63, 3.8) is 0 Å². The normalized spacial score (nSPS) is 11.9. The molecule has 1 aromatic heterocycles. The zero-order chi connectivity index (χ0) is 21.7. The number of ether oxygens (including phenoxy) is 1. The van der Waals surface area contributed by atoms with Gasteiger partial charge >= 0.3 is 0 Å². The maximum absolute atomic E-state index is 13.3. The van der Waals surface area contributed by atoms with Crippen molar-refractivity contribution in [3.05, 3.63) is 64.9 Å². The third-order valence-corrected chi connectivity index (χ3v) is 5.38. The van der Waals surface area contributed by atoms with Crippen molar-refractivity contribution in [2.75, 3.05) is 11.1 Å². The molecule has 1 amide bonds. The molecule has 0 fully saturated rings. The number of rotatable bonds is 8. The number of carbonyl (C=O) groups excluding carboxylic acids is 1. The minimum absolute atomic E-state index is 0.0247. The van der Waals surface area contributed by atoms with E-state index < -0.39 is 17.7 Å². The number of nitrogens with zero attached hydrogens (tertiary/aromatic N) is 3. The van der Waals surface area contributed by atoms with Crippen LogP contribution in [0.4, 0.5) is 14.5 Å². The van der Waals surface area contributed by atoms with Crippen molar-refractivity contribution in [2.24, 2.45) is 0 Å². The van der Waals surface area contributed by atoms with Crippen molar-refractivity contribution < 1.29 is 18.3 Å². The molecule has 0 bridgehead atoms. The van der Waals surface area contributed by atoms with Crippen molar-refractivity contribution in [2.45, 2.75) is 31.7 Å². The average Bonchev–Trinajstić information content (AvgIpc) is 3.14. The molecule has 1 unspecified atom stereocenters. The molecular formula is C20H19ClF2N4O2S. The Morgan fingerprint density at radius 1 is 1.23 bits per heavy atom. The summed E-state index contributed by atoms with van der Waals surface area (Å²) in [5.74, 6) is -1.21. The molecule has 0 spiro atoms. The first-order valence-electron chi connectivity index (χ1n) is 9.11. The smallest absolute Gasteiger partial charge is 0.234 e. The zero-order valence-corrected chi connectivity index (χ0v) is 17.8. The molecule has 158 valence electrons. The molecule has 3 aromatic rings. The van der Waals surface area contributed by atoms with Crippen LogP contribution in [0.5, 0.6) is 5.75 Å². The molecule has 10 heteroatoms. The Balaban J connectivity index is 1.64. The summed E-state index contributed by atoms with van der Waals surface area (Å²) in [7, 11) is 0. The van der Waals surface area contributed by atoms with Gasteiger partial charge < -0.3 is 14.6 Å². The van der Waals surface area contributed by atoms with Gasteiger partial charge in [0.15, 0.2) is 28.7 Å². The van der Waals surface area contributed by atoms with E-state index in [2.05, 4.69) is 15.5 Å². The number of anilines is 1. The van der Waals surface area contributed by atoms with E-state index in [0.717, 1.165) is 12.1 Å². The summed E-state index contributed by atoms with van der Waals surface area (Å²) in [5, 5.41) is 11.9. The van der Waals surface area contributed by atoms with Gasteiger partial charge in [0.1, 0.15) is 5.75 Å². The standard InChI is InChI=1S/C20H19ClF2N4O2S/c1-3-27-19(12(2)29-17-7-5-4-6-14(17)21)25-26-20(27)30-11-18(28)24-13-8-9-15(22)16(23)10-13/h4-10,12H,3,11H2,1-2H3,(H,24,28). The van der Waals surface area contributed by atoms with Gasteiger partial charge in [-0.3, -0.25) is 4.79 Å². The number of hydrogen-bond donors (Lipinski definition) is 1. The number of hydrogen-bond acceptors (Lipinski definition) is 5. The van der Waals surface area contributed by atoms with Gasteiger partial charge in [0.25, 0.3) is 0 Å². The zero-order valence-electron chi connectivity index (χ0n) is 16.2. The fraction of sp³-hybridized carbons (Fsp3) is 0.250. The summed E-state index contributed by atoms with van der Waals surface area (Å²) in [4.78, 5) is 12.2. The van der Waals surface area contributed by atoms with Crippen LogP contribution in [0.15, 0.2) is 47.6 Å². The van der Waals surface area contributed by atoms with E-state index in [-0.39, 0.29) is 17.3 Å². The summed E-state index contributed by atoms with van der Waals surface area (Å²) < 4.78 is 34.0.